The number of carbonyl (C=O) groups is 1. The number of hydrogen-bond acceptors (Lipinski definition) is 3. The number of halogens is 1. The second-order valence-corrected chi connectivity index (χ2v) is 4.75. The van der Waals surface area contributed by atoms with Crippen molar-refractivity contribution in [1.82, 2.24) is 5.32 Å². The minimum Gasteiger partial charge on any atom is -1.00 e. The Morgan fingerprint density at radius 2 is 1.89 bits per heavy atom. The normalized spacial score (nSPS) is 10.6. The maximum absolute atomic E-state index is 11.7. The van der Waals surface area contributed by atoms with Crippen LogP contribution in [-0.2, 0) is 4.74 Å². The molecule has 0 aliphatic carbocycles. The Labute approximate surface area is 115 Å². The van der Waals surface area contributed by atoms with Crippen LogP contribution in [0.15, 0.2) is 30.3 Å². The molecule has 0 heterocycles. The molecule has 0 radical (unpaired) electrons. The summed E-state index contributed by atoms with van der Waals surface area (Å²) in [5, 5.41) is 3.34. The summed E-state index contributed by atoms with van der Waals surface area (Å²) in [5.41, 5.74) is 0.416. The standard InChI is InChI=1S/C14H21NO2.ClH/c1-4-10-15-14(2,3)11-17-13(16)12-8-6-5-7-9-12;/h5-9,15H,4,10-11H2,1-3H3;1H/p-1. The lowest BCUT2D eigenvalue weighted by atomic mass is 10.1. The Kier molecular flexibility index (Phi) is 7.64. The Morgan fingerprint density at radius 1 is 1.28 bits per heavy atom. The maximum atomic E-state index is 11.7. The van der Waals surface area contributed by atoms with E-state index in [1.165, 1.54) is 0 Å². The van der Waals surface area contributed by atoms with E-state index in [2.05, 4.69) is 12.2 Å². The SMILES string of the molecule is CCCNC(C)(C)COC(=O)c1ccccc1.[Cl-]. The van der Waals surface area contributed by atoms with Crippen molar-refractivity contribution in [1.29, 1.82) is 0 Å². The third kappa shape index (κ3) is 6.03. The molecule has 1 aromatic carbocycles. The zero-order valence-electron chi connectivity index (χ0n) is 11.2. The third-order valence-corrected chi connectivity index (χ3v) is 2.43. The molecule has 1 N–H and O–H groups in total. The minimum absolute atomic E-state index is 0. The number of benzene rings is 1. The smallest absolute Gasteiger partial charge is 0.338 e. The van der Waals surface area contributed by atoms with E-state index in [9.17, 15) is 4.79 Å². The van der Waals surface area contributed by atoms with E-state index < -0.39 is 0 Å². The number of hydrogen-bond donors (Lipinski definition) is 1. The number of carbonyl (C=O) groups excluding carboxylic acids is 1. The van der Waals surface area contributed by atoms with Crippen LogP contribution >= 0.6 is 0 Å². The van der Waals surface area contributed by atoms with Crippen molar-refractivity contribution in [3.63, 3.8) is 0 Å². The van der Waals surface area contributed by atoms with Crippen molar-refractivity contribution in [2.75, 3.05) is 13.2 Å². The molecule has 0 aliphatic heterocycles. The van der Waals surface area contributed by atoms with Gasteiger partial charge in [0, 0.05) is 5.54 Å². The predicted octanol–water partition coefficient (Wildman–Crippen LogP) is -0.374. The first-order chi connectivity index (χ1) is 8.05. The van der Waals surface area contributed by atoms with E-state index in [4.69, 9.17) is 4.74 Å². The molecular weight excluding hydrogens is 250 g/mol. The second-order valence-electron chi connectivity index (χ2n) is 4.75. The quantitative estimate of drug-likeness (QED) is 0.717. The van der Waals surface area contributed by atoms with Crippen molar-refractivity contribution in [3.05, 3.63) is 35.9 Å². The van der Waals surface area contributed by atoms with Crippen LogP contribution in [0.2, 0.25) is 0 Å². The van der Waals surface area contributed by atoms with Gasteiger partial charge in [0.15, 0.2) is 0 Å². The van der Waals surface area contributed by atoms with Crippen molar-refractivity contribution >= 4 is 5.97 Å². The second kappa shape index (κ2) is 8.11. The molecule has 0 saturated carbocycles. The molecule has 3 nitrogen and oxygen atoms in total. The molecular formula is C14H21ClNO2-. The Bertz CT molecular complexity index is 352. The summed E-state index contributed by atoms with van der Waals surface area (Å²) < 4.78 is 5.29. The average molecular weight is 271 g/mol. The van der Waals surface area contributed by atoms with Crippen LogP contribution in [0.25, 0.3) is 0 Å². The minimum atomic E-state index is -0.267. The van der Waals surface area contributed by atoms with Gasteiger partial charge in [0.2, 0.25) is 0 Å². The molecule has 18 heavy (non-hydrogen) atoms. The van der Waals surface area contributed by atoms with Gasteiger partial charge in [-0.15, -0.1) is 0 Å². The molecule has 0 fully saturated rings. The Hall–Kier alpha value is -1.06. The molecule has 4 heteroatoms. The topological polar surface area (TPSA) is 38.3 Å². The molecule has 0 spiro atoms. The van der Waals surface area contributed by atoms with Gasteiger partial charge in [-0.3, -0.25) is 0 Å². The fourth-order valence-corrected chi connectivity index (χ4v) is 1.42. The first-order valence-corrected chi connectivity index (χ1v) is 6.02. The highest BCUT2D eigenvalue weighted by atomic mass is 35.5. The van der Waals surface area contributed by atoms with Gasteiger partial charge in [-0.05, 0) is 38.9 Å². The first-order valence-electron chi connectivity index (χ1n) is 6.02. The van der Waals surface area contributed by atoms with Gasteiger partial charge in [-0.1, -0.05) is 25.1 Å². The third-order valence-electron chi connectivity index (χ3n) is 2.43. The largest absolute Gasteiger partial charge is 1.00 e. The lowest BCUT2D eigenvalue weighted by Crippen LogP contribution is -3.00. The molecule has 0 aliphatic rings. The molecule has 0 saturated heterocycles. The highest BCUT2D eigenvalue weighted by Crippen LogP contribution is 2.06. The zero-order chi connectivity index (χ0) is 12.7. The van der Waals surface area contributed by atoms with E-state index in [-0.39, 0.29) is 23.9 Å². The lowest BCUT2D eigenvalue weighted by Gasteiger charge is -2.25. The summed E-state index contributed by atoms with van der Waals surface area (Å²) in [6.07, 6.45) is 1.07. The van der Waals surface area contributed by atoms with Gasteiger partial charge in [-0.2, -0.15) is 0 Å². The lowest BCUT2D eigenvalue weighted by molar-refractivity contribution is -0.0000216. The summed E-state index contributed by atoms with van der Waals surface area (Å²) >= 11 is 0. The fraction of sp³-hybridized carbons (Fsp3) is 0.500. The fourth-order valence-electron chi connectivity index (χ4n) is 1.42. The van der Waals surface area contributed by atoms with Crippen molar-refractivity contribution in [2.24, 2.45) is 0 Å². The van der Waals surface area contributed by atoms with Crippen LogP contribution in [0.4, 0.5) is 0 Å². The average Bonchev–Trinajstić information content (AvgIpc) is 2.35. The molecule has 1 aromatic rings. The van der Waals surface area contributed by atoms with Crippen LogP contribution in [0.1, 0.15) is 37.6 Å². The number of esters is 1. The molecule has 0 unspecified atom stereocenters. The van der Waals surface area contributed by atoms with Crippen LogP contribution in [-0.4, -0.2) is 24.7 Å². The molecule has 0 bridgehead atoms. The summed E-state index contributed by atoms with van der Waals surface area (Å²) in [7, 11) is 0. The molecule has 0 atom stereocenters. The number of nitrogens with one attached hydrogen (secondary N) is 1. The number of rotatable bonds is 6. The Morgan fingerprint density at radius 3 is 2.44 bits per heavy atom. The Balaban J connectivity index is 0.00000289. The van der Waals surface area contributed by atoms with Crippen LogP contribution in [0.5, 0.6) is 0 Å². The van der Waals surface area contributed by atoms with Gasteiger partial charge < -0.3 is 22.5 Å². The van der Waals surface area contributed by atoms with E-state index >= 15 is 0 Å². The van der Waals surface area contributed by atoms with E-state index in [1.807, 2.05) is 32.0 Å². The summed E-state index contributed by atoms with van der Waals surface area (Å²) in [6.45, 7) is 7.47. The van der Waals surface area contributed by atoms with Gasteiger partial charge >= 0.3 is 5.97 Å². The predicted molar refractivity (Wildman–Crippen MR) is 69.1 cm³/mol. The highest BCUT2D eigenvalue weighted by Gasteiger charge is 2.19. The molecule has 0 aromatic heterocycles. The summed E-state index contributed by atoms with van der Waals surface area (Å²) in [4.78, 5) is 11.7. The van der Waals surface area contributed by atoms with Crippen LogP contribution in [0, 0.1) is 0 Å². The van der Waals surface area contributed by atoms with Crippen molar-refractivity contribution < 1.29 is 21.9 Å². The van der Waals surface area contributed by atoms with Crippen LogP contribution < -0.4 is 17.7 Å². The van der Waals surface area contributed by atoms with Gasteiger partial charge in [0.25, 0.3) is 0 Å². The van der Waals surface area contributed by atoms with E-state index in [0.29, 0.717) is 12.2 Å². The monoisotopic (exact) mass is 270 g/mol. The van der Waals surface area contributed by atoms with Gasteiger partial charge in [0.05, 0.1) is 5.56 Å². The molecule has 1 rings (SSSR count). The van der Waals surface area contributed by atoms with Gasteiger partial charge in [0.1, 0.15) is 6.61 Å². The van der Waals surface area contributed by atoms with Crippen molar-refractivity contribution in [3.8, 4) is 0 Å². The zero-order valence-corrected chi connectivity index (χ0v) is 12.0. The van der Waals surface area contributed by atoms with E-state index in [1.54, 1.807) is 12.1 Å². The van der Waals surface area contributed by atoms with Crippen molar-refractivity contribution in [2.45, 2.75) is 32.7 Å². The maximum Gasteiger partial charge on any atom is 0.338 e. The molecule has 0 amide bonds. The molecule has 102 valence electrons. The summed E-state index contributed by atoms with van der Waals surface area (Å²) in [5.74, 6) is -0.267. The number of ether oxygens (including phenoxy) is 1. The summed E-state index contributed by atoms with van der Waals surface area (Å²) in [6, 6.07) is 9.06. The first kappa shape index (κ1) is 16.9. The van der Waals surface area contributed by atoms with Gasteiger partial charge in [-0.25, -0.2) is 4.79 Å². The van der Waals surface area contributed by atoms with E-state index in [0.717, 1.165) is 13.0 Å². The highest BCUT2D eigenvalue weighted by molar-refractivity contribution is 5.89. The van der Waals surface area contributed by atoms with Crippen LogP contribution in [0.3, 0.4) is 0 Å².